The molecule has 0 aromatic heterocycles. The molecule has 96 valence electrons. The Morgan fingerprint density at radius 2 is 2.00 bits per heavy atom. The highest BCUT2D eigenvalue weighted by Gasteiger charge is 2.24. The van der Waals surface area contributed by atoms with Crippen molar-refractivity contribution in [3.05, 3.63) is 35.4 Å². The Kier molecular flexibility index (Phi) is 5.51. The normalized spacial score (nSPS) is 14.6. The summed E-state index contributed by atoms with van der Waals surface area (Å²) in [5.41, 5.74) is 0.320. The Morgan fingerprint density at radius 3 is 2.53 bits per heavy atom. The Hall–Kier alpha value is -1.00. The lowest BCUT2D eigenvalue weighted by atomic mass is 9.98. The molecule has 0 fully saturated rings. The van der Waals surface area contributed by atoms with Crippen LogP contribution in [0.15, 0.2) is 18.2 Å². The zero-order chi connectivity index (χ0) is 12.8. The van der Waals surface area contributed by atoms with Gasteiger partial charge < -0.3 is 10.1 Å². The van der Waals surface area contributed by atoms with Crippen LogP contribution in [-0.4, -0.2) is 19.8 Å². The number of rotatable bonds is 6. The molecule has 2 unspecified atom stereocenters. The molecule has 17 heavy (non-hydrogen) atoms. The minimum Gasteiger partial charge on any atom is -0.379 e. The number of halogens is 2. The van der Waals surface area contributed by atoms with Crippen molar-refractivity contribution in [2.24, 2.45) is 0 Å². The molecule has 0 amide bonds. The standard InChI is InChI=1S/C13H19F2NO/c1-4-11(17-3)13(16-5-2)9-7-6-8-10(14)12(9)15/h6-8,11,13,16H,4-5H2,1-3H3. The van der Waals surface area contributed by atoms with Gasteiger partial charge in [0.1, 0.15) is 0 Å². The number of hydrogen-bond acceptors (Lipinski definition) is 2. The Balaban J connectivity index is 3.08. The van der Waals surface area contributed by atoms with Crippen LogP contribution in [0.2, 0.25) is 0 Å². The minimum atomic E-state index is -0.823. The third-order valence-corrected chi connectivity index (χ3v) is 2.82. The van der Waals surface area contributed by atoms with Crippen LogP contribution < -0.4 is 5.32 Å². The number of likely N-dealkylation sites (N-methyl/N-ethyl adjacent to an activating group) is 1. The number of benzene rings is 1. The number of methoxy groups -OCH3 is 1. The predicted octanol–water partition coefficient (Wildman–Crippen LogP) is 3.04. The lowest BCUT2D eigenvalue weighted by Crippen LogP contribution is -2.33. The molecule has 2 atom stereocenters. The molecule has 0 aliphatic rings. The van der Waals surface area contributed by atoms with Crippen molar-refractivity contribution in [1.82, 2.24) is 5.32 Å². The molecule has 0 radical (unpaired) electrons. The van der Waals surface area contributed by atoms with E-state index in [0.717, 1.165) is 12.5 Å². The van der Waals surface area contributed by atoms with E-state index in [-0.39, 0.29) is 12.1 Å². The molecule has 0 spiro atoms. The molecule has 0 aliphatic heterocycles. The van der Waals surface area contributed by atoms with Crippen molar-refractivity contribution in [2.45, 2.75) is 32.4 Å². The predicted molar refractivity (Wildman–Crippen MR) is 63.9 cm³/mol. The number of hydrogen-bond donors (Lipinski definition) is 1. The second kappa shape index (κ2) is 6.67. The van der Waals surface area contributed by atoms with E-state index < -0.39 is 11.6 Å². The summed E-state index contributed by atoms with van der Waals surface area (Å²) in [6, 6.07) is 3.90. The monoisotopic (exact) mass is 243 g/mol. The van der Waals surface area contributed by atoms with Gasteiger partial charge in [0.15, 0.2) is 11.6 Å². The highest BCUT2D eigenvalue weighted by molar-refractivity contribution is 5.23. The van der Waals surface area contributed by atoms with E-state index in [1.165, 1.54) is 6.07 Å². The van der Waals surface area contributed by atoms with E-state index in [4.69, 9.17) is 4.74 Å². The van der Waals surface area contributed by atoms with Crippen molar-refractivity contribution >= 4 is 0 Å². The summed E-state index contributed by atoms with van der Waals surface area (Å²) >= 11 is 0. The Labute approximate surface area is 101 Å². The van der Waals surface area contributed by atoms with Gasteiger partial charge in [-0.25, -0.2) is 8.78 Å². The van der Waals surface area contributed by atoms with Crippen molar-refractivity contribution < 1.29 is 13.5 Å². The maximum atomic E-state index is 13.7. The van der Waals surface area contributed by atoms with Gasteiger partial charge in [-0.3, -0.25) is 0 Å². The van der Waals surface area contributed by atoms with Crippen molar-refractivity contribution in [2.75, 3.05) is 13.7 Å². The zero-order valence-electron chi connectivity index (χ0n) is 10.5. The van der Waals surface area contributed by atoms with Crippen LogP contribution in [0.25, 0.3) is 0 Å². The van der Waals surface area contributed by atoms with Gasteiger partial charge in [0, 0.05) is 12.7 Å². The molecule has 0 aliphatic carbocycles. The third-order valence-electron chi connectivity index (χ3n) is 2.82. The molecule has 0 heterocycles. The minimum absolute atomic E-state index is 0.175. The van der Waals surface area contributed by atoms with Crippen molar-refractivity contribution in [3.8, 4) is 0 Å². The van der Waals surface area contributed by atoms with Crippen LogP contribution in [0, 0.1) is 11.6 Å². The summed E-state index contributed by atoms with van der Waals surface area (Å²) in [6.45, 7) is 4.54. The summed E-state index contributed by atoms with van der Waals surface area (Å²) < 4.78 is 32.3. The molecule has 0 saturated heterocycles. The van der Waals surface area contributed by atoms with Crippen LogP contribution in [0.3, 0.4) is 0 Å². The largest absolute Gasteiger partial charge is 0.379 e. The van der Waals surface area contributed by atoms with Gasteiger partial charge in [0.25, 0.3) is 0 Å². The smallest absolute Gasteiger partial charge is 0.163 e. The van der Waals surface area contributed by atoms with Gasteiger partial charge in [0.05, 0.1) is 12.1 Å². The first-order valence-electron chi connectivity index (χ1n) is 5.85. The van der Waals surface area contributed by atoms with Gasteiger partial charge >= 0.3 is 0 Å². The molecule has 2 nitrogen and oxygen atoms in total. The van der Waals surface area contributed by atoms with Crippen LogP contribution in [-0.2, 0) is 4.74 Å². The fraction of sp³-hybridized carbons (Fsp3) is 0.538. The highest BCUT2D eigenvalue weighted by atomic mass is 19.2. The van der Waals surface area contributed by atoms with E-state index in [9.17, 15) is 8.78 Å². The molecule has 1 rings (SSSR count). The molecule has 1 aromatic carbocycles. The molecular formula is C13H19F2NO. The summed E-state index contributed by atoms with van der Waals surface area (Å²) in [7, 11) is 1.58. The molecular weight excluding hydrogens is 224 g/mol. The molecule has 1 aromatic rings. The van der Waals surface area contributed by atoms with Crippen molar-refractivity contribution in [1.29, 1.82) is 0 Å². The van der Waals surface area contributed by atoms with Gasteiger partial charge in [-0.1, -0.05) is 26.0 Å². The molecule has 0 bridgehead atoms. The van der Waals surface area contributed by atoms with Crippen molar-refractivity contribution in [3.63, 3.8) is 0 Å². The zero-order valence-corrected chi connectivity index (χ0v) is 10.5. The average Bonchev–Trinajstić information content (AvgIpc) is 2.33. The lowest BCUT2D eigenvalue weighted by Gasteiger charge is -2.26. The first kappa shape index (κ1) is 14.1. The van der Waals surface area contributed by atoms with Gasteiger partial charge in [-0.05, 0) is 19.0 Å². The molecule has 1 N–H and O–H groups in total. The van der Waals surface area contributed by atoms with Crippen LogP contribution in [0.4, 0.5) is 8.78 Å². The van der Waals surface area contributed by atoms with Gasteiger partial charge in [0.2, 0.25) is 0 Å². The van der Waals surface area contributed by atoms with E-state index in [0.29, 0.717) is 12.1 Å². The van der Waals surface area contributed by atoms with Crippen LogP contribution in [0.1, 0.15) is 31.9 Å². The van der Waals surface area contributed by atoms with E-state index in [1.54, 1.807) is 13.2 Å². The molecule has 4 heteroatoms. The summed E-state index contributed by atoms with van der Waals surface area (Å²) in [4.78, 5) is 0. The maximum Gasteiger partial charge on any atom is 0.163 e. The second-order valence-electron chi connectivity index (χ2n) is 3.86. The topological polar surface area (TPSA) is 21.3 Å². The average molecular weight is 243 g/mol. The first-order chi connectivity index (χ1) is 8.15. The van der Waals surface area contributed by atoms with E-state index >= 15 is 0 Å². The van der Waals surface area contributed by atoms with Gasteiger partial charge in [-0.2, -0.15) is 0 Å². The second-order valence-corrected chi connectivity index (χ2v) is 3.86. The van der Waals surface area contributed by atoms with E-state index in [2.05, 4.69) is 5.32 Å². The fourth-order valence-corrected chi connectivity index (χ4v) is 1.96. The van der Waals surface area contributed by atoms with Gasteiger partial charge in [-0.15, -0.1) is 0 Å². The third kappa shape index (κ3) is 3.23. The quantitative estimate of drug-likeness (QED) is 0.829. The fourth-order valence-electron chi connectivity index (χ4n) is 1.96. The number of ether oxygens (including phenoxy) is 1. The SMILES string of the molecule is CCNC(c1cccc(F)c1F)C(CC)OC. The molecule has 0 saturated carbocycles. The number of nitrogens with one attached hydrogen (secondary N) is 1. The lowest BCUT2D eigenvalue weighted by molar-refractivity contribution is 0.0642. The summed E-state index contributed by atoms with van der Waals surface area (Å²) in [6.07, 6.45) is 0.552. The first-order valence-corrected chi connectivity index (χ1v) is 5.85. The maximum absolute atomic E-state index is 13.7. The van der Waals surface area contributed by atoms with Crippen LogP contribution in [0.5, 0.6) is 0 Å². The highest BCUT2D eigenvalue weighted by Crippen LogP contribution is 2.25. The Bertz CT molecular complexity index is 353. The summed E-state index contributed by atoms with van der Waals surface area (Å²) in [5.74, 6) is -1.62. The van der Waals surface area contributed by atoms with E-state index in [1.807, 2.05) is 13.8 Å². The Morgan fingerprint density at radius 1 is 1.29 bits per heavy atom. The summed E-state index contributed by atoms with van der Waals surface area (Å²) in [5, 5.41) is 3.14. The van der Waals surface area contributed by atoms with Crippen LogP contribution >= 0.6 is 0 Å².